The molecular formula is C13H22N2O. The van der Waals surface area contributed by atoms with Gasteiger partial charge in [0.05, 0.1) is 12.1 Å². The van der Waals surface area contributed by atoms with Crippen LogP contribution >= 0.6 is 0 Å². The molecule has 0 radical (unpaired) electrons. The number of nitrogens with two attached hydrogens (primary N) is 1. The molecule has 3 nitrogen and oxygen atoms in total. The van der Waals surface area contributed by atoms with Crippen LogP contribution in [0.2, 0.25) is 0 Å². The van der Waals surface area contributed by atoms with E-state index in [1.807, 2.05) is 13.8 Å². The third-order valence-electron chi connectivity index (χ3n) is 2.68. The Kier molecular flexibility index (Phi) is 4.93. The molecule has 16 heavy (non-hydrogen) atoms. The number of benzene rings is 1. The zero-order valence-electron chi connectivity index (χ0n) is 10.6. The lowest BCUT2D eigenvalue weighted by molar-refractivity contribution is 0.0472. The van der Waals surface area contributed by atoms with Crippen molar-refractivity contribution in [3.05, 3.63) is 34.9 Å². The van der Waals surface area contributed by atoms with E-state index in [2.05, 4.69) is 37.5 Å². The van der Waals surface area contributed by atoms with E-state index in [1.54, 1.807) is 0 Å². The highest BCUT2D eigenvalue weighted by molar-refractivity contribution is 5.31. The summed E-state index contributed by atoms with van der Waals surface area (Å²) in [5.41, 5.74) is 6.51. The van der Waals surface area contributed by atoms with Crippen LogP contribution in [0.1, 0.15) is 36.6 Å². The molecule has 1 rings (SSSR count). The van der Waals surface area contributed by atoms with Crippen LogP contribution in [0, 0.1) is 13.8 Å². The number of nitrogens with one attached hydrogen (secondary N) is 1. The molecule has 0 aliphatic rings. The largest absolute Gasteiger partial charge is 0.377 e. The first kappa shape index (κ1) is 13.2. The maximum absolute atomic E-state index is 5.61. The summed E-state index contributed by atoms with van der Waals surface area (Å²) >= 11 is 0. The lowest BCUT2D eigenvalue weighted by Gasteiger charge is -2.24. The Balaban J connectivity index is 2.94. The van der Waals surface area contributed by atoms with E-state index in [1.165, 1.54) is 16.7 Å². The molecule has 0 spiro atoms. The highest BCUT2D eigenvalue weighted by Gasteiger charge is 2.18. The van der Waals surface area contributed by atoms with Crippen molar-refractivity contribution in [1.29, 1.82) is 0 Å². The van der Waals surface area contributed by atoms with E-state index in [9.17, 15) is 0 Å². The fourth-order valence-corrected chi connectivity index (χ4v) is 2.05. The van der Waals surface area contributed by atoms with Gasteiger partial charge in [0, 0.05) is 6.61 Å². The maximum atomic E-state index is 5.61. The standard InChI is InChI=1S/C13H22N2O/c1-5-16-11(4)13(15-14)12-7-9(2)6-10(3)8-12/h6-8,11,13,15H,5,14H2,1-4H3. The van der Waals surface area contributed by atoms with Gasteiger partial charge in [-0.05, 0) is 33.3 Å². The molecule has 0 aromatic heterocycles. The molecule has 0 aliphatic carbocycles. The van der Waals surface area contributed by atoms with Crippen LogP contribution in [0.15, 0.2) is 18.2 Å². The Labute approximate surface area is 98.0 Å². The fourth-order valence-electron chi connectivity index (χ4n) is 2.05. The van der Waals surface area contributed by atoms with Gasteiger partial charge in [0.1, 0.15) is 0 Å². The monoisotopic (exact) mass is 222 g/mol. The van der Waals surface area contributed by atoms with Crippen LogP contribution < -0.4 is 11.3 Å². The van der Waals surface area contributed by atoms with Gasteiger partial charge in [0.2, 0.25) is 0 Å². The second kappa shape index (κ2) is 5.99. The van der Waals surface area contributed by atoms with Gasteiger partial charge >= 0.3 is 0 Å². The first-order valence-electron chi connectivity index (χ1n) is 5.74. The lowest BCUT2D eigenvalue weighted by atomic mass is 9.98. The molecule has 0 aliphatic heterocycles. The molecule has 2 atom stereocenters. The Bertz CT molecular complexity index is 318. The average molecular weight is 222 g/mol. The number of hydrogen-bond donors (Lipinski definition) is 2. The third-order valence-corrected chi connectivity index (χ3v) is 2.68. The summed E-state index contributed by atoms with van der Waals surface area (Å²) in [7, 11) is 0. The Morgan fingerprint density at radius 2 is 1.81 bits per heavy atom. The number of hydrogen-bond acceptors (Lipinski definition) is 3. The minimum atomic E-state index is 0.0403. The molecule has 0 saturated carbocycles. The highest BCUT2D eigenvalue weighted by atomic mass is 16.5. The molecule has 2 unspecified atom stereocenters. The Hall–Kier alpha value is -0.900. The van der Waals surface area contributed by atoms with E-state index >= 15 is 0 Å². The van der Waals surface area contributed by atoms with Crippen molar-refractivity contribution >= 4 is 0 Å². The summed E-state index contributed by atoms with van der Waals surface area (Å²) in [5, 5.41) is 0. The highest BCUT2D eigenvalue weighted by Crippen LogP contribution is 2.21. The Morgan fingerprint density at radius 3 is 2.25 bits per heavy atom. The molecule has 0 amide bonds. The smallest absolute Gasteiger partial charge is 0.0754 e. The molecular weight excluding hydrogens is 200 g/mol. The summed E-state index contributed by atoms with van der Waals surface area (Å²) in [6, 6.07) is 6.49. The van der Waals surface area contributed by atoms with Crippen LogP contribution in [0.3, 0.4) is 0 Å². The topological polar surface area (TPSA) is 47.3 Å². The van der Waals surface area contributed by atoms with Crippen molar-refractivity contribution in [3.8, 4) is 0 Å². The molecule has 0 bridgehead atoms. The van der Waals surface area contributed by atoms with Gasteiger partial charge in [-0.25, -0.2) is 0 Å². The zero-order chi connectivity index (χ0) is 12.1. The number of hydrazine groups is 1. The number of aryl methyl sites for hydroxylation is 2. The van der Waals surface area contributed by atoms with Crippen molar-refractivity contribution in [2.24, 2.45) is 5.84 Å². The SMILES string of the molecule is CCOC(C)C(NN)c1cc(C)cc(C)c1. The molecule has 90 valence electrons. The second-order valence-corrected chi connectivity index (χ2v) is 4.23. The van der Waals surface area contributed by atoms with Crippen LogP contribution in [0.4, 0.5) is 0 Å². The van der Waals surface area contributed by atoms with Gasteiger partial charge < -0.3 is 4.74 Å². The molecule has 0 saturated heterocycles. The van der Waals surface area contributed by atoms with E-state index in [0.717, 1.165) is 0 Å². The third kappa shape index (κ3) is 3.30. The molecule has 1 aromatic carbocycles. The normalized spacial score (nSPS) is 14.8. The predicted octanol–water partition coefficient (Wildman–Crippen LogP) is 2.23. The van der Waals surface area contributed by atoms with Crippen molar-refractivity contribution < 1.29 is 4.74 Å². The summed E-state index contributed by atoms with van der Waals surface area (Å²) < 4.78 is 5.59. The van der Waals surface area contributed by atoms with E-state index in [-0.39, 0.29) is 12.1 Å². The molecule has 1 aromatic rings. The summed E-state index contributed by atoms with van der Waals surface area (Å²) in [5.74, 6) is 5.61. The maximum Gasteiger partial charge on any atom is 0.0754 e. The quantitative estimate of drug-likeness (QED) is 0.593. The molecule has 3 heteroatoms. The number of rotatable bonds is 5. The summed E-state index contributed by atoms with van der Waals surface area (Å²) in [4.78, 5) is 0. The number of ether oxygens (including phenoxy) is 1. The Morgan fingerprint density at radius 1 is 1.25 bits per heavy atom. The molecule has 0 fully saturated rings. The first-order chi connectivity index (χ1) is 7.58. The minimum Gasteiger partial charge on any atom is -0.377 e. The lowest BCUT2D eigenvalue weighted by Crippen LogP contribution is -2.36. The van der Waals surface area contributed by atoms with Gasteiger partial charge in [-0.3, -0.25) is 11.3 Å². The summed E-state index contributed by atoms with van der Waals surface area (Å²) in [6.07, 6.45) is 0.0659. The van der Waals surface area contributed by atoms with Crippen LogP contribution in [0.25, 0.3) is 0 Å². The van der Waals surface area contributed by atoms with Gasteiger partial charge in [0.15, 0.2) is 0 Å². The fraction of sp³-hybridized carbons (Fsp3) is 0.538. The first-order valence-corrected chi connectivity index (χ1v) is 5.74. The van der Waals surface area contributed by atoms with Crippen molar-refractivity contribution in [3.63, 3.8) is 0 Å². The van der Waals surface area contributed by atoms with Gasteiger partial charge in [-0.15, -0.1) is 0 Å². The van der Waals surface area contributed by atoms with E-state index < -0.39 is 0 Å². The van der Waals surface area contributed by atoms with Crippen molar-refractivity contribution in [1.82, 2.24) is 5.43 Å². The second-order valence-electron chi connectivity index (χ2n) is 4.23. The van der Waals surface area contributed by atoms with Gasteiger partial charge in [-0.2, -0.15) is 0 Å². The van der Waals surface area contributed by atoms with Gasteiger partial charge in [-0.1, -0.05) is 29.3 Å². The van der Waals surface area contributed by atoms with Crippen LogP contribution in [0.5, 0.6) is 0 Å². The zero-order valence-corrected chi connectivity index (χ0v) is 10.6. The van der Waals surface area contributed by atoms with E-state index in [4.69, 9.17) is 10.6 Å². The predicted molar refractivity (Wildman–Crippen MR) is 67.1 cm³/mol. The molecule has 0 heterocycles. The van der Waals surface area contributed by atoms with Crippen LogP contribution in [-0.2, 0) is 4.74 Å². The average Bonchev–Trinajstić information content (AvgIpc) is 2.17. The van der Waals surface area contributed by atoms with Gasteiger partial charge in [0.25, 0.3) is 0 Å². The van der Waals surface area contributed by atoms with Crippen molar-refractivity contribution in [2.75, 3.05) is 6.61 Å². The van der Waals surface area contributed by atoms with Crippen molar-refractivity contribution in [2.45, 2.75) is 39.8 Å². The van der Waals surface area contributed by atoms with E-state index in [0.29, 0.717) is 6.61 Å². The summed E-state index contributed by atoms with van der Waals surface area (Å²) in [6.45, 7) is 8.91. The minimum absolute atomic E-state index is 0.0403. The van der Waals surface area contributed by atoms with Crippen LogP contribution in [-0.4, -0.2) is 12.7 Å². The molecule has 3 N–H and O–H groups in total.